The SMILES string of the molecule is COc1ccc(CNCc2cnn(CCO)c2)cc1. The minimum absolute atomic E-state index is 0.112. The summed E-state index contributed by atoms with van der Waals surface area (Å²) in [5.74, 6) is 0.869. The van der Waals surface area contributed by atoms with E-state index in [1.165, 1.54) is 5.56 Å². The summed E-state index contributed by atoms with van der Waals surface area (Å²) in [4.78, 5) is 0. The minimum Gasteiger partial charge on any atom is -0.497 e. The molecule has 0 spiro atoms. The van der Waals surface area contributed by atoms with E-state index < -0.39 is 0 Å². The van der Waals surface area contributed by atoms with Crippen molar-refractivity contribution in [3.8, 4) is 5.75 Å². The molecule has 5 nitrogen and oxygen atoms in total. The van der Waals surface area contributed by atoms with Crippen molar-refractivity contribution in [1.29, 1.82) is 0 Å². The molecule has 0 saturated heterocycles. The molecule has 1 heterocycles. The number of hydrogen-bond acceptors (Lipinski definition) is 4. The molecule has 0 amide bonds. The number of aliphatic hydroxyl groups is 1. The number of benzene rings is 1. The lowest BCUT2D eigenvalue weighted by atomic mass is 10.2. The Morgan fingerprint density at radius 3 is 2.63 bits per heavy atom. The fraction of sp³-hybridized carbons (Fsp3) is 0.357. The Morgan fingerprint density at radius 1 is 1.21 bits per heavy atom. The highest BCUT2D eigenvalue weighted by atomic mass is 16.5. The average molecular weight is 261 g/mol. The fourth-order valence-electron chi connectivity index (χ4n) is 1.82. The summed E-state index contributed by atoms with van der Waals surface area (Å²) in [6.07, 6.45) is 3.76. The molecule has 0 aliphatic carbocycles. The number of rotatable bonds is 7. The highest BCUT2D eigenvalue weighted by Crippen LogP contribution is 2.11. The molecule has 0 bridgehead atoms. The molecule has 1 aromatic carbocycles. The second-order valence-corrected chi connectivity index (χ2v) is 4.29. The molecule has 0 atom stereocenters. The number of hydrogen-bond donors (Lipinski definition) is 2. The van der Waals surface area contributed by atoms with Crippen molar-refractivity contribution in [2.24, 2.45) is 0 Å². The molecule has 0 aliphatic heterocycles. The van der Waals surface area contributed by atoms with Crippen molar-refractivity contribution in [3.05, 3.63) is 47.8 Å². The van der Waals surface area contributed by atoms with Crippen LogP contribution in [0.4, 0.5) is 0 Å². The van der Waals surface area contributed by atoms with Crippen LogP contribution in [0.3, 0.4) is 0 Å². The van der Waals surface area contributed by atoms with Gasteiger partial charge in [0, 0.05) is 24.8 Å². The van der Waals surface area contributed by atoms with Crippen LogP contribution in [-0.2, 0) is 19.6 Å². The van der Waals surface area contributed by atoms with Gasteiger partial charge < -0.3 is 15.2 Å². The van der Waals surface area contributed by atoms with E-state index in [9.17, 15) is 0 Å². The van der Waals surface area contributed by atoms with E-state index >= 15 is 0 Å². The summed E-state index contributed by atoms with van der Waals surface area (Å²) < 4.78 is 6.86. The maximum Gasteiger partial charge on any atom is 0.118 e. The molecular weight excluding hydrogens is 242 g/mol. The highest BCUT2D eigenvalue weighted by Gasteiger charge is 1.99. The maximum absolute atomic E-state index is 8.81. The van der Waals surface area contributed by atoms with Crippen molar-refractivity contribution in [2.45, 2.75) is 19.6 Å². The zero-order chi connectivity index (χ0) is 13.5. The molecule has 0 aliphatic rings. The average Bonchev–Trinajstić information content (AvgIpc) is 2.88. The van der Waals surface area contributed by atoms with Gasteiger partial charge in [-0.1, -0.05) is 12.1 Å². The molecule has 5 heteroatoms. The molecule has 0 radical (unpaired) electrons. The third-order valence-electron chi connectivity index (χ3n) is 2.83. The lowest BCUT2D eigenvalue weighted by Gasteiger charge is -2.04. The van der Waals surface area contributed by atoms with E-state index in [-0.39, 0.29) is 6.61 Å². The summed E-state index contributed by atoms with van der Waals surface area (Å²) in [7, 11) is 1.66. The normalized spacial score (nSPS) is 10.6. The standard InChI is InChI=1S/C14H19N3O2/c1-19-14-4-2-12(3-5-14)8-15-9-13-10-16-17(11-13)6-7-18/h2-5,10-11,15,18H,6-9H2,1H3. The van der Waals surface area contributed by atoms with Crippen molar-refractivity contribution < 1.29 is 9.84 Å². The van der Waals surface area contributed by atoms with Crippen molar-refractivity contribution in [3.63, 3.8) is 0 Å². The smallest absolute Gasteiger partial charge is 0.118 e. The summed E-state index contributed by atoms with van der Waals surface area (Å²) >= 11 is 0. The Balaban J connectivity index is 1.78. The van der Waals surface area contributed by atoms with Crippen LogP contribution in [0, 0.1) is 0 Å². The number of aromatic nitrogens is 2. The summed E-state index contributed by atoms with van der Waals surface area (Å²) in [6, 6.07) is 7.99. The van der Waals surface area contributed by atoms with Crippen molar-refractivity contribution in [1.82, 2.24) is 15.1 Å². The lowest BCUT2D eigenvalue weighted by molar-refractivity contribution is 0.269. The lowest BCUT2D eigenvalue weighted by Crippen LogP contribution is -2.12. The molecule has 2 N–H and O–H groups in total. The number of nitrogens with zero attached hydrogens (tertiary/aromatic N) is 2. The van der Waals surface area contributed by atoms with Crippen LogP contribution in [0.1, 0.15) is 11.1 Å². The maximum atomic E-state index is 8.81. The van der Waals surface area contributed by atoms with E-state index in [4.69, 9.17) is 9.84 Å². The largest absolute Gasteiger partial charge is 0.497 e. The van der Waals surface area contributed by atoms with Gasteiger partial charge in [-0.3, -0.25) is 4.68 Å². The quantitative estimate of drug-likeness (QED) is 0.785. The van der Waals surface area contributed by atoms with E-state index in [1.807, 2.05) is 36.7 Å². The van der Waals surface area contributed by atoms with Gasteiger partial charge in [-0.25, -0.2) is 0 Å². The van der Waals surface area contributed by atoms with E-state index in [2.05, 4.69) is 10.4 Å². The van der Waals surface area contributed by atoms with Gasteiger partial charge in [-0.15, -0.1) is 0 Å². The van der Waals surface area contributed by atoms with Crippen LogP contribution >= 0.6 is 0 Å². The minimum atomic E-state index is 0.112. The van der Waals surface area contributed by atoms with Crippen molar-refractivity contribution in [2.75, 3.05) is 13.7 Å². The number of methoxy groups -OCH3 is 1. The summed E-state index contributed by atoms with van der Waals surface area (Å²) in [5.41, 5.74) is 2.32. The van der Waals surface area contributed by atoms with E-state index in [1.54, 1.807) is 11.8 Å². The Labute approximate surface area is 112 Å². The van der Waals surface area contributed by atoms with E-state index in [0.29, 0.717) is 6.54 Å². The summed E-state index contributed by atoms with van der Waals surface area (Å²) in [5, 5.41) is 16.3. The van der Waals surface area contributed by atoms with Gasteiger partial charge in [0.25, 0.3) is 0 Å². The molecule has 19 heavy (non-hydrogen) atoms. The first-order chi connectivity index (χ1) is 9.31. The van der Waals surface area contributed by atoms with Gasteiger partial charge in [0.15, 0.2) is 0 Å². The Morgan fingerprint density at radius 2 is 1.95 bits per heavy atom. The van der Waals surface area contributed by atoms with E-state index in [0.717, 1.165) is 24.4 Å². The Kier molecular flexibility index (Phi) is 4.94. The third kappa shape index (κ3) is 4.08. The van der Waals surface area contributed by atoms with Crippen LogP contribution in [0.5, 0.6) is 5.75 Å². The van der Waals surface area contributed by atoms with Gasteiger partial charge in [-0.2, -0.15) is 5.10 Å². The van der Waals surface area contributed by atoms with Crippen LogP contribution < -0.4 is 10.1 Å². The number of aliphatic hydroxyl groups excluding tert-OH is 1. The van der Waals surface area contributed by atoms with Gasteiger partial charge in [-0.05, 0) is 17.7 Å². The van der Waals surface area contributed by atoms with Gasteiger partial charge in [0.2, 0.25) is 0 Å². The molecule has 0 fully saturated rings. The Hall–Kier alpha value is -1.85. The molecule has 102 valence electrons. The van der Waals surface area contributed by atoms with Crippen LogP contribution in [0.2, 0.25) is 0 Å². The molecule has 1 aromatic heterocycles. The zero-order valence-corrected chi connectivity index (χ0v) is 11.0. The zero-order valence-electron chi connectivity index (χ0n) is 11.0. The molecule has 0 unspecified atom stereocenters. The van der Waals surface area contributed by atoms with Gasteiger partial charge >= 0.3 is 0 Å². The van der Waals surface area contributed by atoms with Gasteiger partial charge in [0.05, 0.1) is 26.5 Å². The molecule has 2 aromatic rings. The predicted molar refractivity (Wildman–Crippen MR) is 72.9 cm³/mol. The number of ether oxygens (including phenoxy) is 1. The Bertz CT molecular complexity index is 494. The van der Waals surface area contributed by atoms with Crippen LogP contribution in [0.25, 0.3) is 0 Å². The van der Waals surface area contributed by atoms with Crippen LogP contribution in [0.15, 0.2) is 36.7 Å². The first-order valence-corrected chi connectivity index (χ1v) is 6.27. The van der Waals surface area contributed by atoms with Crippen LogP contribution in [-0.4, -0.2) is 28.6 Å². The number of nitrogens with one attached hydrogen (secondary N) is 1. The second kappa shape index (κ2) is 6.92. The topological polar surface area (TPSA) is 59.3 Å². The fourth-order valence-corrected chi connectivity index (χ4v) is 1.82. The van der Waals surface area contributed by atoms with Gasteiger partial charge in [0.1, 0.15) is 5.75 Å². The van der Waals surface area contributed by atoms with Crippen molar-refractivity contribution >= 4 is 0 Å². The molecular formula is C14H19N3O2. The first-order valence-electron chi connectivity index (χ1n) is 6.27. The first kappa shape index (κ1) is 13.6. The molecule has 2 rings (SSSR count). The third-order valence-corrected chi connectivity index (χ3v) is 2.83. The monoisotopic (exact) mass is 261 g/mol. The predicted octanol–water partition coefficient (Wildman–Crippen LogP) is 1.17. The summed E-state index contributed by atoms with van der Waals surface area (Å²) in [6.45, 7) is 2.21. The second-order valence-electron chi connectivity index (χ2n) is 4.29. The molecule has 0 saturated carbocycles. The highest BCUT2D eigenvalue weighted by molar-refractivity contribution is 5.27.